The number of nitrogens with one attached hydrogen (secondary N) is 1. The second kappa shape index (κ2) is 11.7. The van der Waals surface area contributed by atoms with Crippen LogP contribution in [0.2, 0.25) is 0 Å². The van der Waals surface area contributed by atoms with Gasteiger partial charge >= 0.3 is 0 Å². The molecule has 0 radical (unpaired) electrons. The Bertz CT molecular complexity index is 1320. The highest BCUT2D eigenvalue weighted by Crippen LogP contribution is 2.29. The van der Waals surface area contributed by atoms with Crippen molar-refractivity contribution in [2.75, 3.05) is 0 Å². The Hall–Kier alpha value is -3.44. The number of hydrogen-bond acceptors (Lipinski definition) is 7. The quantitative estimate of drug-likeness (QED) is 0.330. The van der Waals surface area contributed by atoms with Crippen molar-refractivity contribution in [3.8, 4) is 10.7 Å². The molecular weight excluding hydrogens is 511 g/mol. The first-order valence-corrected chi connectivity index (χ1v) is 14.0. The van der Waals surface area contributed by atoms with Crippen LogP contribution in [-0.4, -0.2) is 43.0 Å². The first-order valence-electron chi connectivity index (χ1n) is 12.3. The van der Waals surface area contributed by atoms with E-state index in [2.05, 4.69) is 20.7 Å². The summed E-state index contributed by atoms with van der Waals surface area (Å²) in [6.07, 6.45) is 5.13. The predicted octanol–water partition coefficient (Wildman–Crippen LogP) is 4.82. The number of tetrazole rings is 1. The van der Waals surface area contributed by atoms with E-state index in [1.807, 2.05) is 35.0 Å². The Balaban J connectivity index is 1.44. The van der Waals surface area contributed by atoms with Crippen LogP contribution in [0.25, 0.3) is 10.7 Å². The first-order chi connectivity index (χ1) is 18.1. The lowest BCUT2D eigenvalue weighted by Gasteiger charge is -2.32. The van der Waals surface area contributed by atoms with Crippen LogP contribution in [0.4, 0.5) is 4.39 Å². The van der Waals surface area contributed by atoms with Gasteiger partial charge in [-0.25, -0.2) is 4.39 Å². The zero-order chi connectivity index (χ0) is 25.6. The monoisotopic (exact) mass is 538 g/mol. The molecule has 0 unspecified atom stereocenters. The Morgan fingerprint density at radius 1 is 1.05 bits per heavy atom. The zero-order valence-electron chi connectivity index (χ0n) is 20.1. The van der Waals surface area contributed by atoms with Gasteiger partial charge < -0.3 is 10.2 Å². The van der Waals surface area contributed by atoms with Gasteiger partial charge in [0, 0.05) is 23.0 Å². The minimum atomic E-state index is -0.908. The molecule has 3 aromatic heterocycles. The SMILES string of the molecule is O=C(NC1CCCCC1)[C@H](c1cccs1)N(Cc1ccccc1F)C(=O)Cn1nnc(-c2cccs2)n1. The molecule has 37 heavy (non-hydrogen) atoms. The number of amides is 2. The van der Waals surface area contributed by atoms with Gasteiger partial charge in [-0.2, -0.15) is 4.80 Å². The highest BCUT2D eigenvalue weighted by Gasteiger charge is 2.34. The minimum Gasteiger partial charge on any atom is -0.351 e. The topological polar surface area (TPSA) is 93.0 Å². The predicted molar refractivity (Wildman–Crippen MR) is 140 cm³/mol. The summed E-state index contributed by atoms with van der Waals surface area (Å²) in [4.78, 5) is 31.7. The lowest BCUT2D eigenvalue weighted by Crippen LogP contribution is -2.47. The van der Waals surface area contributed by atoms with Crippen LogP contribution in [0.1, 0.15) is 48.6 Å². The van der Waals surface area contributed by atoms with E-state index in [1.165, 1.54) is 38.4 Å². The molecule has 2 amide bonds. The molecule has 3 heterocycles. The van der Waals surface area contributed by atoms with Gasteiger partial charge in [0.15, 0.2) is 0 Å². The van der Waals surface area contributed by atoms with E-state index in [9.17, 15) is 14.0 Å². The van der Waals surface area contributed by atoms with Crippen LogP contribution < -0.4 is 5.32 Å². The molecule has 1 saturated carbocycles. The molecule has 0 bridgehead atoms. The molecule has 1 aliphatic rings. The second-order valence-corrected chi connectivity index (χ2v) is 10.9. The summed E-state index contributed by atoms with van der Waals surface area (Å²) >= 11 is 2.87. The third kappa shape index (κ3) is 6.11. The number of aromatic nitrogens is 4. The van der Waals surface area contributed by atoms with Crippen molar-refractivity contribution in [3.05, 3.63) is 75.5 Å². The lowest BCUT2D eigenvalue weighted by molar-refractivity contribution is -0.142. The van der Waals surface area contributed by atoms with Gasteiger partial charge in [0.25, 0.3) is 0 Å². The molecular formula is C26H27FN6O2S2. The van der Waals surface area contributed by atoms with Crippen LogP contribution in [0.15, 0.2) is 59.3 Å². The average molecular weight is 539 g/mol. The highest BCUT2D eigenvalue weighted by atomic mass is 32.1. The van der Waals surface area contributed by atoms with Crippen molar-refractivity contribution in [2.45, 2.75) is 57.3 Å². The maximum absolute atomic E-state index is 14.7. The largest absolute Gasteiger partial charge is 0.351 e. The lowest BCUT2D eigenvalue weighted by atomic mass is 9.95. The normalized spacial score (nSPS) is 14.8. The maximum atomic E-state index is 14.7. The van der Waals surface area contributed by atoms with Crippen molar-refractivity contribution < 1.29 is 14.0 Å². The van der Waals surface area contributed by atoms with Gasteiger partial charge in [-0.3, -0.25) is 9.59 Å². The summed E-state index contributed by atoms with van der Waals surface area (Å²) in [6.45, 7) is -0.302. The maximum Gasteiger partial charge on any atom is 0.248 e. The van der Waals surface area contributed by atoms with Crippen molar-refractivity contribution in [1.29, 1.82) is 0 Å². The number of nitrogens with zero attached hydrogens (tertiary/aromatic N) is 5. The molecule has 0 spiro atoms. The fraction of sp³-hybridized carbons (Fsp3) is 0.346. The molecule has 4 aromatic rings. The van der Waals surface area contributed by atoms with E-state index in [0.717, 1.165) is 37.0 Å². The van der Waals surface area contributed by atoms with E-state index in [0.29, 0.717) is 16.3 Å². The van der Waals surface area contributed by atoms with Crippen LogP contribution in [0, 0.1) is 5.82 Å². The van der Waals surface area contributed by atoms with E-state index in [4.69, 9.17) is 0 Å². The summed E-state index contributed by atoms with van der Waals surface area (Å²) in [5.74, 6) is -0.675. The summed E-state index contributed by atoms with van der Waals surface area (Å²) in [5.41, 5.74) is 0.327. The number of benzene rings is 1. The standard InChI is InChI=1S/C26H27FN6O2S2/c27-20-11-5-4-8-18(20)16-32(23(34)17-33-30-25(29-31-33)22-13-7-15-37-22)24(21-12-6-14-36-21)26(35)28-19-9-2-1-3-10-19/h4-8,11-15,19,24H,1-3,9-10,16-17H2,(H,28,35)/t24-/m0/s1. The van der Waals surface area contributed by atoms with Crippen molar-refractivity contribution in [3.63, 3.8) is 0 Å². The smallest absolute Gasteiger partial charge is 0.248 e. The zero-order valence-corrected chi connectivity index (χ0v) is 21.8. The molecule has 0 aliphatic heterocycles. The average Bonchev–Trinajstić information content (AvgIpc) is 3.69. The van der Waals surface area contributed by atoms with Gasteiger partial charge in [-0.1, -0.05) is 49.6 Å². The van der Waals surface area contributed by atoms with Crippen LogP contribution >= 0.6 is 22.7 Å². The highest BCUT2D eigenvalue weighted by molar-refractivity contribution is 7.13. The Kier molecular flexibility index (Phi) is 8.00. The Morgan fingerprint density at radius 3 is 2.57 bits per heavy atom. The molecule has 1 atom stereocenters. The number of thiophene rings is 2. The van der Waals surface area contributed by atoms with Crippen molar-refractivity contribution in [2.24, 2.45) is 0 Å². The van der Waals surface area contributed by atoms with E-state index in [1.54, 1.807) is 18.2 Å². The summed E-state index contributed by atoms with van der Waals surface area (Å²) < 4.78 is 14.7. The number of carbonyl (C=O) groups is 2. The third-order valence-corrected chi connectivity index (χ3v) is 8.20. The Labute approximate surface area is 222 Å². The summed E-state index contributed by atoms with van der Waals surface area (Å²) in [6, 6.07) is 12.9. The van der Waals surface area contributed by atoms with Crippen LogP contribution in [0.5, 0.6) is 0 Å². The summed E-state index contributed by atoms with van der Waals surface area (Å²) in [5, 5.41) is 19.4. The minimum absolute atomic E-state index is 0.0689. The van der Waals surface area contributed by atoms with Gasteiger partial charge in [0.2, 0.25) is 17.6 Å². The molecule has 1 N–H and O–H groups in total. The van der Waals surface area contributed by atoms with Crippen LogP contribution in [-0.2, 0) is 22.7 Å². The van der Waals surface area contributed by atoms with Crippen molar-refractivity contribution in [1.82, 2.24) is 30.4 Å². The fourth-order valence-electron chi connectivity index (χ4n) is 4.56. The molecule has 1 fully saturated rings. The van der Waals surface area contributed by atoms with E-state index in [-0.39, 0.29) is 25.0 Å². The van der Waals surface area contributed by atoms with Crippen molar-refractivity contribution >= 4 is 34.5 Å². The van der Waals surface area contributed by atoms with E-state index < -0.39 is 17.8 Å². The summed E-state index contributed by atoms with van der Waals surface area (Å²) in [7, 11) is 0. The molecule has 11 heteroatoms. The number of halogens is 1. The Morgan fingerprint density at radius 2 is 1.84 bits per heavy atom. The van der Waals surface area contributed by atoms with Crippen LogP contribution in [0.3, 0.4) is 0 Å². The molecule has 5 rings (SSSR count). The molecule has 1 aromatic carbocycles. The number of carbonyl (C=O) groups excluding carboxylic acids is 2. The number of rotatable bonds is 9. The second-order valence-electron chi connectivity index (χ2n) is 9.00. The molecule has 0 saturated heterocycles. The van der Waals surface area contributed by atoms with Gasteiger partial charge in [0.05, 0.1) is 4.88 Å². The van der Waals surface area contributed by atoms with Gasteiger partial charge in [-0.15, -0.1) is 32.9 Å². The van der Waals surface area contributed by atoms with Gasteiger partial charge in [0.1, 0.15) is 18.4 Å². The van der Waals surface area contributed by atoms with E-state index >= 15 is 0 Å². The number of hydrogen-bond donors (Lipinski definition) is 1. The third-order valence-electron chi connectivity index (χ3n) is 6.41. The first kappa shape index (κ1) is 25.2. The van der Waals surface area contributed by atoms with Gasteiger partial charge in [-0.05, 0) is 47.0 Å². The molecule has 1 aliphatic carbocycles. The molecule has 192 valence electrons. The molecule has 8 nitrogen and oxygen atoms in total. The fourth-order valence-corrected chi connectivity index (χ4v) is 6.04.